The summed E-state index contributed by atoms with van der Waals surface area (Å²) in [4.78, 5) is 23.4. The van der Waals surface area contributed by atoms with Gasteiger partial charge in [-0.3, -0.25) is 13.8 Å². The summed E-state index contributed by atoms with van der Waals surface area (Å²) >= 11 is 0. The summed E-state index contributed by atoms with van der Waals surface area (Å²) in [6.07, 6.45) is 33.1. The van der Waals surface area contributed by atoms with Crippen molar-refractivity contribution in [3.63, 3.8) is 0 Å². The molecule has 0 spiro atoms. The average molecular weight is 906 g/mol. The molecule has 1 fully saturated rings. The molecule has 0 aromatic carbocycles. The van der Waals surface area contributed by atoms with Gasteiger partial charge in [-0.1, -0.05) is 225 Å². The number of unbranched alkanes of at least 4 members (excludes halogenated alkanes) is 32. The van der Waals surface area contributed by atoms with Crippen molar-refractivity contribution in [2.24, 2.45) is 0 Å². The van der Waals surface area contributed by atoms with E-state index in [1.165, 1.54) is 173 Å². The van der Waals surface area contributed by atoms with E-state index in [2.05, 4.69) is 19.2 Å². The van der Waals surface area contributed by atoms with Gasteiger partial charge in [0.15, 0.2) is 0 Å². The third kappa shape index (κ3) is 30.3. The van der Waals surface area contributed by atoms with Gasteiger partial charge in [-0.2, -0.15) is 0 Å². The Labute approximate surface area is 378 Å². The summed E-state index contributed by atoms with van der Waals surface area (Å²) < 4.78 is 22.9. The fraction of sp³-hybridized carbons (Fsp3) is 0.939. The lowest BCUT2D eigenvalue weighted by atomic mass is 9.85. The zero-order valence-corrected chi connectivity index (χ0v) is 40.3. The van der Waals surface area contributed by atoms with Crippen molar-refractivity contribution < 1.29 is 53.9 Å². The van der Waals surface area contributed by atoms with E-state index < -0.39 is 63.2 Å². The number of aliphatic hydroxyl groups is 6. The van der Waals surface area contributed by atoms with E-state index in [1.807, 2.05) is 6.08 Å². The Kier molecular flexibility index (Phi) is 37.4. The van der Waals surface area contributed by atoms with Gasteiger partial charge in [0, 0.05) is 6.42 Å². The second-order valence-electron chi connectivity index (χ2n) is 18.4. The highest BCUT2D eigenvalue weighted by molar-refractivity contribution is 7.47. The molecule has 0 saturated heterocycles. The van der Waals surface area contributed by atoms with Crippen LogP contribution in [0.4, 0.5) is 0 Å². The number of hydrogen-bond donors (Lipinski definition) is 8. The second-order valence-corrected chi connectivity index (χ2v) is 19.8. The van der Waals surface area contributed by atoms with Gasteiger partial charge in [0.1, 0.15) is 36.6 Å². The van der Waals surface area contributed by atoms with Crippen LogP contribution in [0.25, 0.3) is 0 Å². The van der Waals surface area contributed by atoms with E-state index >= 15 is 0 Å². The van der Waals surface area contributed by atoms with Crippen molar-refractivity contribution in [2.75, 3.05) is 6.61 Å². The maximum Gasteiger partial charge on any atom is 0.472 e. The smallest absolute Gasteiger partial charge is 0.387 e. The van der Waals surface area contributed by atoms with E-state index in [9.17, 15) is 44.9 Å². The van der Waals surface area contributed by atoms with E-state index in [0.717, 1.165) is 44.9 Å². The van der Waals surface area contributed by atoms with Gasteiger partial charge in [-0.05, 0) is 19.3 Å². The number of hydrogen-bond acceptors (Lipinski definition) is 10. The first-order chi connectivity index (χ1) is 29.9. The van der Waals surface area contributed by atoms with Crippen LogP contribution in [0.2, 0.25) is 0 Å². The predicted octanol–water partition coefficient (Wildman–Crippen LogP) is 10.4. The van der Waals surface area contributed by atoms with E-state index in [1.54, 1.807) is 0 Å². The van der Waals surface area contributed by atoms with Crippen molar-refractivity contribution >= 4 is 13.7 Å². The number of nitrogens with one attached hydrogen (secondary N) is 1. The Morgan fingerprint density at radius 2 is 0.855 bits per heavy atom. The highest BCUT2D eigenvalue weighted by Crippen LogP contribution is 2.47. The van der Waals surface area contributed by atoms with Crippen LogP contribution >= 0.6 is 7.82 Å². The Balaban J connectivity index is 2.30. The molecule has 62 heavy (non-hydrogen) atoms. The Morgan fingerprint density at radius 1 is 0.532 bits per heavy atom. The van der Waals surface area contributed by atoms with Gasteiger partial charge in [0.25, 0.3) is 0 Å². The maximum atomic E-state index is 13.0. The van der Waals surface area contributed by atoms with Gasteiger partial charge in [-0.15, -0.1) is 0 Å². The molecule has 6 unspecified atom stereocenters. The van der Waals surface area contributed by atoms with Crippen LogP contribution < -0.4 is 5.32 Å². The summed E-state index contributed by atoms with van der Waals surface area (Å²) in [5.41, 5.74) is 0. The molecule has 8 N–H and O–H groups in total. The van der Waals surface area contributed by atoms with Crippen molar-refractivity contribution in [1.82, 2.24) is 5.32 Å². The van der Waals surface area contributed by atoms with E-state index in [0.29, 0.717) is 6.42 Å². The third-order valence-corrected chi connectivity index (χ3v) is 13.6. The fourth-order valence-corrected chi connectivity index (χ4v) is 9.34. The van der Waals surface area contributed by atoms with Crippen LogP contribution in [0.3, 0.4) is 0 Å². The summed E-state index contributed by atoms with van der Waals surface area (Å²) in [7, 11) is -5.07. The molecule has 9 atom stereocenters. The zero-order chi connectivity index (χ0) is 45.7. The normalized spacial score (nSPS) is 22.5. The zero-order valence-electron chi connectivity index (χ0n) is 39.4. The second kappa shape index (κ2) is 39.3. The molecule has 0 radical (unpaired) electrons. The molecule has 0 aliphatic heterocycles. The maximum absolute atomic E-state index is 13.0. The number of rotatable bonds is 43. The van der Waals surface area contributed by atoms with Crippen LogP contribution in [0, 0.1) is 0 Å². The number of carbonyl (C=O) groups is 1. The fourth-order valence-electron chi connectivity index (χ4n) is 8.38. The van der Waals surface area contributed by atoms with Gasteiger partial charge in [0.05, 0.1) is 18.8 Å². The molecule has 368 valence electrons. The third-order valence-electron chi connectivity index (χ3n) is 12.6. The van der Waals surface area contributed by atoms with Crippen molar-refractivity contribution in [1.29, 1.82) is 0 Å². The van der Waals surface area contributed by atoms with Crippen molar-refractivity contribution in [2.45, 2.75) is 287 Å². The summed E-state index contributed by atoms with van der Waals surface area (Å²) in [5.74, 6) is -0.338. The summed E-state index contributed by atoms with van der Waals surface area (Å²) in [6, 6.07) is -1.11. The number of phosphoric acid groups is 1. The van der Waals surface area contributed by atoms with Crippen LogP contribution in [0.1, 0.15) is 239 Å². The summed E-state index contributed by atoms with van der Waals surface area (Å²) in [6.45, 7) is 3.83. The van der Waals surface area contributed by atoms with Crippen molar-refractivity contribution in [3.05, 3.63) is 12.2 Å². The first-order valence-electron chi connectivity index (χ1n) is 25.6. The van der Waals surface area contributed by atoms with Gasteiger partial charge >= 0.3 is 7.82 Å². The van der Waals surface area contributed by atoms with Crippen LogP contribution in [0.15, 0.2) is 12.2 Å². The topological polar surface area (TPSA) is 206 Å². The minimum atomic E-state index is -5.07. The van der Waals surface area contributed by atoms with Crippen LogP contribution in [0.5, 0.6) is 0 Å². The van der Waals surface area contributed by atoms with Gasteiger partial charge in [0.2, 0.25) is 5.91 Å². The number of carbonyl (C=O) groups excluding carboxylic acids is 1. The number of amides is 1. The lowest BCUT2D eigenvalue weighted by molar-refractivity contribution is -0.220. The molecule has 0 aromatic rings. The van der Waals surface area contributed by atoms with Crippen LogP contribution in [-0.2, 0) is 18.4 Å². The van der Waals surface area contributed by atoms with Crippen LogP contribution in [-0.4, -0.2) is 96.8 Å². The Bertz CT molecular complexity index is 1100. The average Bonchev–Trinajstić information content (AvgIpc) is 3.25. The quantitative estimate of drug-likeness (QED) is 0.0164. The number of phosphoric ester groups is 1. The molecule has 1 aliphatic carbocycles. The monoisotopic (exact) mass is 906 g/mol. The molecular formula is C49H96NO11P. The minimum absolute atomic E-state index is 0.219. The van der Waals surface area contributed by atoms with Gasteiger partial charge < -0.3 is 40.8 Å². The standard InChI is InChI=1S/C49H96NO11P/c1-3-5-7-9-11-13-15-16-17-18-19-20-21-22-23-24-25-26-27-28-29-31-33-35-37-39-43(52)50-41(42(51)38-36-34-32-30-14-12-10-8-6-4-2)40-60-62(58,59)61-49-47(56)45(54)44(53)46(55)48(49)57/h36,38,41-42,44-49,51,53-57H,3-35,37,39-40H2,1-2H3,(H,50,52)(H,58,59)/b38-36+/t41-,42+,44?,45+,46?,47?,48?,49?/m0/s1. The highest BCUT2D eigenvalue weighted by atomic mass is 31.2. The first-order valence-corrected chi connectivity index (χ1v) is 27.1. The molecule has 1 saturated carbocycles. The minimum Gasteiger partial charge on any atom is -0.387 e. The first kappa shape index (κ1) is 59.1. The molecule has 0 heterocycles. The van der Waals surface area contributed by atoms with Gasteiger partial charge in [-0.25, -0.2) is 4.57 Å². The van der Waals surface area contributed by atoms with Crippen molar-refractivity contribution in [3.8, 4) is 0 Å². The SMILES string of the molecule is CCCCCCCCCC/C=C/[C@@H](O)[C@H](COP(=O)(O)OC1C(O)C(O)C(O)[C@@H](O)C1O)NC(=O)CCCCCCCCCCCCCCCCCCCCCCCCCCC. The molecule has 12 nitrogen and oxygen atoms in total. The lowest BCUT2D eigenvalue weighted by Gasteiger charge is -2.41. The predicted molar refractivity (Wildman–Crippen MR) is 251 cm³/mol. The van der Waals surface area contributed by atoms with E-state index in [4.69, 9.17) is 9.05 Å². The molecule has 0 aromatic heterocycles. The summed E-state index contributed by atoms with van der Waals surface area (Å²) in [5, 5.41) is 63.9. The molecule has 1 aliphatic rings. The largest absolute Gasteiger partial charge is 0.472 e. The molecule has 1 amide bonds. The molecular weight excluding hydrogens is 810 g/mol. The molecule has 13 heteroatoms. The Morgan fingerprint density at radius 3 is 1.23 bits per heavy atom. The molecule has 1 rings (SSSR count). The van der Waals surface area contributed by atoms with E-state index in [-0.39, 0.29) is 12.3 Å². The Hall–Kier alpha value is -0.920. The highest BCUT2D eigenvalue weighted by Gasteiger charge is 2.51. The molecule has 0 bridgehead atoms. The lowest BCUT2D eigenvalue weighted by Crippen LogP contribution is -2.64. The number of allylic oxidation sites excluding steroid dienone is 1. The number of aliphatic hydroxyl groups excluding tert-OH is 6.